The highest BCUT2D eigenvalue weighted by molar-refractivity contribution is 6.31. The Balaban J connectivity index is 0.00000368. The lowest BCUT2D eigenvalue weighted by Crippen LogP contribution is -2.18. The Morgan fingerprint density at radius 2 is 1.63 bits per heavy atom. The van der Waals surface area contributed by atoms with Gasteiger partial charge < -0.3 is 16.4 Å². The number of carbonyl (C=O) groups is 2. The first-order valence-corrected chi connectivity index (χ1v) is 13.3. The molecular weight excluding hydrogens is 567 g/mol. The molecule has 0 saturated heterocycles. The average Bonchev–Trinajstić information content (AvgIpc) is 3.14. The summed E-state index contributed by atoms with van der Waals surface area (Å²) >= 11 is 6.35. The zero-order valence-corrected chi connectivity index (χ0v) is 22.7. The summed E-state index contributed by atoms with van der Waals surface area (Å²) < 4.78 is 14.8. The minimum Gasteiger partial charge on any atom is -0.366 e. The molecule has 8 nitrogen and oxygen atoms in total. The van der Waals surface area contributed by atoms with E-state index in [0.717, 1.165) is 11.1 Å². The standard InChI is InChI=1S/C32H22ClFN6O2.CH4/c33-20-11-14-22-25(15-20)29(23-5-1-3-7-26(23)34)36-16-19-17-37-32(40-28(19)22)38-21-12-9-18(10-13-21)31(42)39-27-8-4-2-6-24(27)30(35)41;/h1-15,17H,16H2,(H2,35,41)(H,39,42)(H,37,38,40);1H4. The number of rotatable bonds is 6. The van der Waals surface area contributed by atoms with Crippen molar-refractivity contribution in [2.75, 3.05) is 10.6 Å². The molecule has 10 heteroatoms. The van der Waals surface area contributed by atoms with Crippen LogP contribution in [0, 0.1) is 5.82 Å². The fourth-order valence-electron chi connectivity index (χ4n) is 4.70. The third-order valence-corrected chi connectivity index (χ3v) is 6.97. The number of benzene rings is 4. The number of nitrogens with two attached hydrogens (primary N) is 1. The highest BCUT2D eigenvalue weighted by Crippen LogP contribution is 2.34. The summed E-state index contributed by atoms with van der Waals surface area (Å²) in [4.78, 5) is 38.4. The Morgan fingerprint density at radius 1 is 0.884 bits per heavy atom. The first-order chi connectivity index (χ1) is 20.4. The van der Waals surface area contributed by atoms with Gasteiger partial charge in [-0.3, -0.25) is 14.6 Å². The van der Waals surface area contributed by atoms with Crippen LogP contribution in [0.5, 0.6) is 0 Å². The predicted octanol–water partition coefficient (Wildman–Crippen LogP) is 7.02. The second-order valence-corrected chi connectivity index (χ2v) is 9.90. The summed E-state index contributed by atoms with van der Waals surface area (Å²) in [7, 11) is 0. The van der Waals surface area contributed by atoms with E-state index in [1.807, 2.05) is 6.07 Å². The molecule has 0 fully saturated rings. The van der Waals surface area contributed by atoms with E-state index in [1.165, 1.54) is 6.07 Å². The van der Waals surface area contributed by atoms with Crippen molar-refractivity contribution in [3.63, 3.8) is 0 Å². The summed E-state index contributed by atoms with van der Waals surface area (Å²) in [6, 6.07) is 25.1. The van der Waals surface area contributed by atoms with Crippen molar-refractivity contribution in [2.24, 2.45) is 10.7 Å². The number of primary amides is 1. The van der Waals surface area contributed by atoms with Crippen LogP contribution in [0.15, 0.2) is 102 Å². The minimum atomic E-state index is -0.632. The monoisotopic (exact) mass is 592 g/mol. The predicted molar refractivity (Wildman–Crippen MR) is 168 cm³/mol. The van der Waals surface area contributed by atoms with Crippen molar-refractivity contribution in [2.45, 2.75) is 14.0 Å². The summed E-state index contributed by atoms with van der Waals surface area (Å²) in [5.74, 6) is -1.07. The molecule has 1 aliphatic heterocycles. The Kier molecular flexibility index (Phi) is 8.27. The fourth-order valence-corrected chi connectivity index (χ4v) is 4.88. The Bertz CT molecular complexity index is 1890. The molecule has 6 rings (SSSR count). The van der Waals surface area contributed by atoms with Crippen LogP contribution in [0.2, 0.25) is 5.02 Å². The lowest BCUT2D eigenvalue weighted by atomic mass is 9.95. The van der Waals surface area contributed by atoms with Crippen molar-refractivity contribution in [3.8, 4) is 11.3 Å². The number of amides is 2. The van der Waals surface area contributed by atoms with Crippen LogP contribution in [-0.2, 0) is 6.54 Å². The van der Waals surface area contributed by atoms with Gasteiger partial charge in [0, 0.05) is 44.7 Å². The molecule has 1 aromatic heterocycles. The Labute approximate surface area is 252 Å². The summed E-state index contributed by atoms with van der Waals surface area (Å²) in [5.41, 5.74) is 10.7. The Morgan fingerprint density at radius 3 is 2.40 bits per heavy atom. The van der Waals surface area contributed by atoms with Crippen LogP contribution in [0.25, 0.3) is 11.3 Å². The van der Waals surface area contributed by atoms with Gasteiger partial charge in [0.1, 0.15) is 5.82 Å². The number of aromatic nitrogens is 2. The molecule has 2 heterocycles. The van der Waals surface area contributed by atoms with Gasteiger partial charge in [0.05, 0.1) is 29.2 Å². The highest BCUT2D eigenvalue weighted by atomic mass is 35.5. The molecule has 0 spiro atoms. The molecule has 4 N–H and O–H groups in total. The first kappa shape index (κ1) is 29.1. The maximum absolute atomic E-state index is 14.8. The molecule has 4 aromatic carbocycles. The summed E-state index contributed by atoms with van der Waals surface area (Å²) in [5, 5.41) is 6.39. The Hall–Kier alpha value is -5.41. The molecule has 0 radical (unpaired) electrons. The first-order valence-electron chi connectivity index (χ1n) is 12.9. The normalized spacial score (nSPS) is 11.6. The van der Waals surface area contributed by atoms with Crippen molar-refractivity contribution >= 4 is 46.5 Å². The van der Waals surface area contributed by atoms with Crippen molar-refractivity contribution < 1.29 is 14.0 Å². The highest BCUT2D eigenvalue weighted by Gasteiger charge is 2.23. The smallest absolute Gasteiger partial charge is 0.255 e. The largest absolute Gasteiger partial charge is 0.366 e. The van der Waals surface area contributed by atoms with Gasteiger partial charge in [0.25, 0.3) is 11.8 Å². The number of para-hydroxylation sites is 1. The number of hydrogen-bond acceptors (Lipinski definition) is 6. The number of fused-ring (bicyclic) bond motifs is 3. The zero-order valence-electron chi connectivity index (χ0n) is 21.9. The topological polar surface area (TPSA) is 122 Å². The second kappa shape index (κ2) is 12.2. The van der Waals surface area contributed by atoms with E-state index in [9.17, 15) is 14.0 Å². The van der Waals surface area contributed by atoms with Gasteiger partial charge in [-0.15, -0.1) is 0 Å². The molecule has 214 valence electrons. The second-order valence-electron chi connectivity index (χ2n) is 9.47. The molecule has 0 aliphatic carbocycles. The summed E-state index contributed by atoms with van der Waals surface area (Å²) in [6.07, 6.45) is 1.69. The van der Waals surface area contributed by atoms with Gasteiger partial charge in [-0.1, -0.05) is 49.4 Å². The van der Waals surface area contributed by atoms with E-state index < -0.39 is 11.8 Å². The zero-order chi connectivity index (χ0) is 29.2. The number of nitrogens with zero attached hydrogens (tertiary/aromatic N) is 3. The van der Waals surface area contributed by atoms with Crippen LogP contribution in [0.1, 0.15) is 44.8 Å². The third kappa shape index (κ3) is 5.98. The third-order valence-electron chi connectivity index (χ3n) is 6.74. The van der Waals surface area contributed by atoms with Crippen LogP contribution >= 0.6 is 11.6 Å². The molecule has 0 bridgehead atoms. The molecule has 0 unspecified atom stereocenters. The van der Waals surface area contributed by atoms with E-state index in [-0.39, 0.29) is 25.4 Å². The molecule has 43 heavy (non-hydrogen) atoms. The molecule has 2 amide bonds. The van der Waals surface area contributed by atoms with Gasteiger partial charge in [-0.25, -0.2) is 14.4 Å². The van der Waals surface area contributed by atoms with Crippen molar-refractivity contribution in [1.29, 1.82) is 0 Å². The number of halogens is 2. The number of carbonyl (C=O) groups excluding carboxylic acids is 2. The molecule has 5 aromatic rings. The lowest BCUT2D eigenvalue weighted by Gasteiger charge is -2.13. The maximum atomic E-state index is 14.8. The number of hydrogen-bond donors (Lipinski definition) is 3. The van der Waals surface area contributed by atoms with E-state index in [2.05, 4.69) is 15.6 Å². The molecule has 0 atom stereocenters. The number of anilines is 3. The van der Waals surface area contributed by atoms with Gasteiger partial charge in [-0.05, 0) is 60.7 Å². The molecule has 0 saturated carbocycles. The number of aliphatic imine (C=N–C) groups is 1. The minimum absolute atomic E-state index is 0. The average molecular weight is 593 g/mol. The molecule has 1 aliphatic rings. The quantitative estimate of drug-likeness (QED) is 0.196. The van der Waals surface area contributed by atoms with Gasteiger partial charge >= 0.3 is 0 Å². The van der Waals surface area contributed by atoms with Crippen molar-refractivity contribution in [1.82, 2.24) is 9.97 Å². The van der Waals surface area contributed by atoms with E-state index in [4.69, 9.17) is 27.3 Å². The lowest BCUT2D eigenvalue weighted by molar-refractivity contribution is 0.100. The van der Waals surface area contributed by atoms with Crippen LogP contribution < -0.4 is 16.4 Å². The van der Waals surface area contributed by atoms with Crippen LogP contribution in [0.4, 0.5) is 21.7 Å². The van der Waals surface area contributed by atoms with Crippen LogP contribution in [-0.4, -0.2) is 27.5 Å². The molecular formula is C33H26ClFN6O2. The van der Waals surface area contributed by atoms with Crippen molar-refractivity contribution in [3.05, 3.63) is 136 Å². The van der Waals surface area contributed by atoms with E-state index in [1.54, 1.807) is 85.1 Å². The number of nitrogens with one attached hydrogen (secondary N) is 2. The van der Waals surface area contributed by atoms with Gasteiger partial charge in [0.2, 0.25) is 5.95 Å². The van der Waals surface area contributed by atoms with E-state index in [0.29, 0.717) is 50.4 Å². The van der Waals surface area contributed by atoms with E-state index >= 15 is 0 Å². The fraction of sp³-hybridized carbons (Fsp3) is 0.0606. The SMILES string of the molecule is C.NC(=O)c1ccccc1NC(=O)c1ccc(Nc2ncc3c(n2)-c2ccc(Cl)cc2C(c2ccccc2F)=NC3)cc1. The van der Waals surface area contributed by atoms with Gasteiger partial charge in [0.15, 0.2) is 0 Å². The van der Waals surface area contributed by atoms with Gasteiger partial charge in [-0.2, -0.15) is 0 Å². The maximum Gasteiger partial charge on any atom is 0.255 e. The van der Waals surface area contributed by atoms with Crippen LogP contribution in [0.3, 0.4) is 0 Å². The summed E-state index contributed by atoms with van der Waals surface area (Å²) in [6.45, 7) is 0.258.